The lowest BCUT2D eigenvalue weighted by Crippen LogP contribution is -2.39. The first kappa shape index (κ1) is 15.9. The fourth-order valence-electron chi connectivity index (χ4n) is 2.87. The number of fused-ring (bicyclic) bond motifs is 1. The molecule has 1 aliphatic rings. The van der Waals surface area contributed by atoms with Crippen LogP contribution in [0.4, 0.5) is 5.69 Å². The molecule has 0 radical (unpaired) electrons. The third-order valence-electron chi connectivity index (χ3n) is 3.95. The van der Waals surface area contributed by atoms with Gasteiger partial charge in [-0.1, -0.05) is 6.07 Å². The van der Waals surface area contributed by atoms with Crippen LogP contribution in [0.15, 0.2) is 35.1 Å². The van der Waals surface area contributed by atoms with Crippen molar-refractivity contribution in [1.82, 2.24) is 15.5 Å². The van der Waals surface area contributed by atoms with Crippen LogP contribution in [0.2, 0.25) is 0 Å². The van der Waals surface area contributed by atoms with Crippen molar-refractivity contribution >= 4 is 17.5 Å². The lowest BCUT2D eigenvalue weighted by molar-refractivity contribution is -0.114. The number of nitrogens with zero attached hydrogens (tertiary/aromatic N) is 1. The van der Waals surface area contributed by atoms with Crippen LogP contribution in [0.1, 0.15) is 35.0 Å². The number of aryl methyl sites for hydroxylation is 1. The largest absolute Gasteiger partial charge is 0.349 e. The maximum Gasteiger partial charge on any atom is 0.264 e. The fraction of sp³-hybridized carbons (Fsp3) is 0.294. The number of carbonyl (C=O) groups excluding carboxylic acids is 2. The van der Waals surface area contributed by atoms with E-state index in [-0.39, 0.29) is 23.4 Å². The average molecular weight is 326 g/mol. The van der Waals surface area contributed by atoms with Crippen LogP contribution in [-0.4, -0.2) is 28.1 Å². The molecule has 7 heteroatoms. The van der Waals surface area contributed by atoms with E-state index in [1.54, 1.807) is 24.3 Å². The highest BCUT2D eigenvalue weighted by Gasteiger charge is 2.22. The molecule has 0 aliphatic heterocycles. The number of hydrogen-bond acceptors (Lipinski definition) is 4. The molecule has 1 atom stereocenters. The number of carbonyl (C=O) groups is 2. The van der Waals surface area contributed by atoms with Gasteiger partial charge in [-0.25, -0.2) is 5.10 Å². The SMILES string of the molecule is CC(=O)Nc1cccc(C(=O)N[C@H]2CCc3n[nH]c(=O)cc3C2)c1. The lowest BCUT2D eigenvalue weighted by atomic mass is 9.92. The summed E-state index contributed by atoms with van der Waals surface area (Å²) in [5.74, 6) is -0.386. The Morgan fingerprint density at radius 2 is 2.12 bits per heavy atom. The van der Waals surface area contributed by atoms with E-state index in [0.717, 1.165) is 17.7 Å². The van der Waals surface area contributed by atoms with Crippen molar-refractivity contribution in [2.75, 3.05) is 5.32 Å². The molecule has 3 N–H and O–H groups in total. The van der Waals surface area contributed by atoms with Crippen LogP contribution in [0.25, 0.3) is 0 Å². The molecule has 3 rings (SSSR count). The zero-order valence-corrected chi connectivity index (χ0v) is 13.3. The molecule has 0 saturated carbocycles. The second-order valence-corrected chi connectivity index (χ2v) is 5.88. The molecular formula is C17H18N4O3. The maximum absolute atomic E-state index is 12.4. The summed E-state index contributed by atoms with van der Waals surface area (Å²) in [5, 5.41) is 12.1. The van der Waals surface area contributed by atoms with E-state index in [9.17, 15) is 14.4 Å². The van der Waals surface area contributed by atoms with E-state index in [1.165, 1.54) is 13.0 Å². The minimum Gasteiger partial charge on any atom is -0.349 e. The smallest absolute Gasteiger partial charge is 0.264 e. The molecule has 0 fully saturated rings. The van der Waals surface area contributed by atoms with Crippen LogP contribution < -0.4 is 16.2 Å². The highest BCUT2D eigenvalue weighted by molar-refractivity contribution is 5.96. The molecule has 1 heterocycles. The molecule has 0 spiro atoms. The first-order valence-corrected chi connectivity index (χ1v) is 7.77. The number of aromatic nitrogens is 2. The molecule has 124 valence electrons. The Hall–Kier alpha value is -2.96. The highest BCUT2D eigenvalue weighted by atomic mass is 16.2. The standard InChI is InChI=1S/C17H18N4O3/c1-10(22)18-13-4-2-3-11(7-13)17(24)19-14-5-6-15-12(8-14)9-16(23)21-20-15/h2-4,7,9,14H,5-6,8H2,1H3,(H,18,22)(H,19,24)(H,21,23)/t14-/m0/s1. The number of anilines is 1. The van der Waals surface area contributed by atoms with Gasteiger partial charge in [0.1, 0.15) is 0 Å². The summed E-state index contributed by atoms with van der Waals surface area (Å²) >= 11 is 0. The Labute approximate surface area is 138 Å². The van der Waals surface area contributed by atoms with E-state index in [1.807, 2.05) is 0 Å². The van der Waals surface area contributed by atoms with Crippen molar-refractivity contribution in [1.29, 1.82) is 0 Å². The molecular weight excluding hydrogens is 308 g/mol. The van der Waals surface area contributed by atoms with Crippen molar-refractivity contribution in [3.63, 3.8) is 0 Å². The lowest BCUT2D eigenvalue weighted by Gasteiger charge is -2.24. The molecule has 1 aromatic heterocycles. The number of aromatic amines is 1. The van der Waals surface area contributed by atoms with E-state index in [4.69, 9.17) is 0 Å². The average Bonchev–Trinajstić information content (AvgIpc) is 2.54. The Kier molecular flexibility index (Phi) is 4.41. The molecule has 2 aromatic rings. The van der Waals surface area contributed by atoms with E-state index < -0.39 is 0 Å². The number of nitrogens with one attached hydrogen (secondary N) is 3. The maximum atomic E-state index is 12.4. The fourth-order valence-corrected chi connectivity index (χ4v) is 2.87. The highest BCUT2D eigenvalue weighted by Crippen LogP contribution is 2.18. The van der Waals surface area contributed by atoms with Gasteiger partial charge in [-0.2, -0.15) is 5.10 Å². The molecule has 0 unspecified atom stereocenters. The van der Waals surface area contributed by atoms with Crippen molar-refractivity contribution in [2.45, 2.75) is 32.2 Å². The zero-order valence-electron chi connectivity index (χ0n) is 13.3. The Morgan fingerprint density at radius 1 is 1.29 bits per heavy atom. The summed E-state index contributed by atoms with van der Waals surface area (Å²) in [7, 11) is 0. The van der Waals surface area contributed by atoms with Crippen LogP contribution in [0.3, 0.4) is 0 Å². The minimum absolute atomic E-state index is 0.0435. The van der Waals surface area contributed by atoms with Gasteiger partial charge in [-0.3, -0.25) is 14.4 Å². The monoisotopic (exact) mass is 326 g/mol. The second kappa shape index (κ2) is 6.66. The van der Waals surface area contributed by atoms with Crippen LogP contribution in [-0.2, 0) is 17.6 Å². The molecule has 24 heavy (non-hydrogen) atoms. The summed E-state index contributed by atoms with van der Waals surface area (Å²) in [6.45, 7) is 1.42. The van der Waals surface area contributed by atoms with Crippen LogP contribution >= 0.6 is 0 Å². The first-order chi connectivity index (χ1) is 11.5. The first-order valence-electron chi connectivity index (χ1n) is 7.77. The number of benzene rings is 1. The number of amides is 2. The third-order valence-corrected chi connectivity index (χ3v) is 3.95. The number of H-pyrrole nitrogens is 1. The summed E-state index contributed by atoms with van der Waals surface area (Å²) in [6, 6.07) is 8.28. The summed E-state index contributed by atoms with van der Waals surface area (Å²) < 4.78 is 0. The van der Waals surface area contributed by atoms with Gasteiger partial charge in [-0.05, 0) is 43.0 Å². The summed E-state index contributed by atoms with van der Waals surface area (Å²) in [6.07, 6.45) is 2.07. The Balaban J connectivity index is 1.69. The van der Waals surface area contributed by atoms with Gasteiger partial charge in [0.05, 0.1) is 5.69 Å². The van der Waals surface area contributed by atoms with Crippen molar-refractivity contribution in [3.8, 4) is 0 Å². The predicted octanol–water partition coefficient (Wildman–Crippen LogP) is 1.02. The third kappa shape index (κ3) is 3.68. The van der Waals surface area contributed by atoms with Gasteiger partial charge in [0.2, 0.25) is 5.91 Å². The molecule has 1 aromatic carbocycles. The van der Waals surface area contributed by atoms with Crippen molar-refractivity contribution in [3.05, 3.63) is 57.5 Å². The summed E-state index contributed by atoms with van der Waals surface area (Å²) in [5.41, 5.74) is 2.59. The van der Waals surface area contributed by atoms with Crippen LogP contribution in [0, 0.1) is 0 Å². The van der Waals surface area contributed by atoms with Gasteiger partial charge < -0.3 is 10.6 Å². The van der Waals surface area contributed by atoms with E-state index in [0.29, 0.717) is 24.1 Å². The quantitative estimate of drug-likeness (QED) is 0.783. The molecule has 1 aliphatic carbocycles. The predicted molar refractivity (Wildman–Crippen MR) is 88.9 cm³/mol. The number of hydrogen-bond donors (Lipinski definition) is 3. The number of rotatable bonds is 3. The van der Waals surface area contributed by atoms with E-state index >= 15 is 0 Å². The molecule has 0 bridgehead atoms. The minimum atomic E-state index is -0.233. The van der Waals surface area contributed by atoms with Gasteiger partial charge in [-0.15, -0.1) is 0 Å². The molecule has 0 saturated heterocycles. The molecule has 7 nitrogen and oxygen atoms in total. The van der Waals surface area contributed by atoms with Gasteiger partial charge in [0, 0.05) is 30.3 Å². The normalized spacial score (nSPS) is 16.1. The van der Waals surface area contributed by atoms with Gasteiger partial charge in [0.25, 0.3) is 11.5 Å². The Morgan fingerprint density at radius 3 is 2.92 bits per heavy atom. The van der Waals surface area contributed by atoms with Crippen molar-refractivity contribution in [2.24, 2.45) is 0 Å². The summed E-state index contributed by atoms with van der Waals surface area (Å²) in [4.78, 5) is 34.9. The topological polar surface area (TPSA) is 104 Å². The molecule has 2 amide bonds. The van der Waals surface area contributed by atoms with Gasteiger partial charge >= 0.3 is 0 Å². The zero-order chi connectivity index (χ0) is 17.1. The Bertz CT molecular complexity index is 844. The van der Waals surface area contributed by atoms with Crippen LogP contribution in [0.5, 0.6) is 0 Å². The van der Waals surface area contributed by atoms with E-state index in [2.05, 4.69) is 20.8 Å². The second-order valence-electron chi connectivity index (χ2n) is 5.88. The van der Waals surface area contributed by atoms with Gasteiger partial charge in [0.15, 0.2) is 0 Å². The van der Waals surface area contributed by atoms with Crippen molar-refractivity contribution < 1.29 is 9.59 Å².